The Bertz CT molecular complexity index is 2150. The first-order valence-electron chi connectivity index (χ1n) is 16.8. The van der Waals surface area contributed by atoms with Crippen molar-refractivity contribution in [3.63, 3.8) is 0 Å². The Morgan fingerprint density at radius 1 is 0.800 bits per heavy atom. The van der Waals surface area contributed by atoms with E-state index in [1.54, 1.807) is 0 Å². The zero-order valence-electron chi connectivity index (χ0n) is 29.5. The van der Waals surface area contributed by atoms with Crippen LogP contribution >= 0.6 is 6.89 Å². The zero-order chi connectivity index (χ0) is 38.4. The molecule has 286 valence electrons. The van der Waals surface area contributed by atoms with E-state index in [1.807, 2.05) is 91.0 Å². The van der Waals surface area contributed by atoms with Crippen LogP contribution in [0.15, 0.2) is 126 Å². The van der Waals surface area contributed by atoms with Gasteiger partial charge in [0.05, 0.1) is 4.92 Å². The summed E-state index contributed by atoms with van der Waals surface area (Å²) in [6.07, 6.45) is -0.0786. The number of hydrogen-bond acceptors (Lipinski definition) is 11. The molecule has 2 atom stereocenters. The molecule has 0 aliphatic carbocycles. The summed E-state index contributed by atoms with van der Waals surface area (Å²) in [5, 5.41) is 12.6. The molecule has 4 aromatic carbocycles. The number of ether oxygens (including phenoxy) is 3. The van der Waals surface area contributed by atoms with Gasteiger partial charge in [0.25, 0.3) is 5.69 Å². The van der Waals surface area contributed by atoms with Crippen molar-refractivity contribution < 1.29 is 65.1 Å². The smallest absolute Gasteiger partial charge is 0.767 e. The first-order valence-corrected chi connectivity index (χ1v) is 19.0. The summed E-state index contributed by atoms with van der Waals surface area (Å²) in [6.45, 7) is -1.26. The van der Waals surface area contributed by atoms with Crippen LogP contribution in [-0.4, -0.2) is 44.4 Å². The minimum Gasteiger partial charge on any atom is -0.767 e. The van der Waals surface area contributed by atoms with Gasteiger partial charge in [-0.25, -0.2) is 4.79 Å². The van der Waals surface area contributed by atoms with Crippen molar-refractivity contribution in [3.05, 3.63) is 149 Å². The largest absolute Gasteiger partial charge is 1.00 e. The molecule has 1 aliphatic rings. The first-order chi connectivity index (χ1) is 26.0. The van der Waals surface area contributed by atoms with E-state index in [9.17, 15) is 29.3 Å². The number of esters is 3. The second-order valence-electron chi connectivity index (χ2n) is 12.3. The number of nitro groups is 1. The molecule has 55 heavy (non-hydrogen) atoms. The summed E-state index contributed by atoms with van der Waals surface area (Å²) >= 11 is 6.05. The van der Waals surface area contributed by atoms with Gasteiger partial charge in [-0.05, 0) is 33.6 Å². The Labute approximate surface area is 337 Å². The van der Waals surface area contributed by atoms with Crippen LogP contribution in [0.4, 0.5) is 5.69 Å². The van der Waals surface area contributed by atoms with Crippen molar-refractivity contribution >= 4 is 70.3 Å². The maximum absolute atomic E-state index is 14.9. The third-order valence-electron chi connectivity index (χ3n) is 8.73. The summed E-state index contributed by atoms with van der Waals surface area (Å²) in [4.78, 5) is 64.9. The fourth-order valence-electron chi connectivity index (χ4n) is 6.32. The number of nitrogens with zero attached hydrogens (tertiary/aromatic N) is 2. The quantitative estimate of drug-likeness (QED) is 0.0302. The van der Waals surface area contributed by atoms with E-state index in [4.69, 9.17) is 31.3 Å². The van der Waals surface area contributed by atoms with E-state index in [2.05, 4.69) is 0 Å². The third-order valence-corrected chi connectivity index (χ3v) is 13.5. The minimum atomic E-state index is -3.26. The van der Waals surface area contributed by atoms with Gasteiger partial charge in [-0.1, -0.05) is 96.4 Å². The molecule has 1 saturated heterocycles. The third kappa shape index (κ3) is 8.72. The number of benzene rings is 4. The van der Waals surface area contributed by atoms with Crippen LogP contribution < -0.4 is 20.7 Å². The maximum Gasteiger partial charge on any atom is 1.00 e. The summed E-state index contributed by atoms with van der Waals surface area (Å²) in [6, 6.07) is 35.3. The molecule has 1 aliphatic heterocycles. The first kappa shape index (κ1) is 41.0. The van der Waals surface area contributed by atoms with Crippen molar-refractivity contribution in [2.45, 2.75) is 38.9 Å². The van der Waals surface area contributed by atoms with E-state index >= 15 is 0 Å². The van der Waals surface area contributed by atoms with Crippen molar-refractivity contribution in [2.75, 3.05) is 0 Å². The molecule has 1 aromatic heterocycles. The Balaban J connectivity index is 0.00000580. The topological polar surface area (TPSA) is 155 Å². The maximum atomic E-state index is 14.9. The van der Waals surface area contributed by atoms with Gasteiger partial charge in [0.1, 0.15) is 30.2 Å². The summed E-state index contributed by atoms with van der Waals surface area (Å²) in [7, 11) is 0. The average molecular weight is 874 g/mol. The molecule has 2 heterocycles. The number of carbonyl (C=O) groups excluding carboxylic acids is 4. The fourth-order valence-corrected chi connectivity index (χ4v) is 11.2. The summed E-state index contributed by atoms with van der Waals surface area (Å²) in [5.74, 6) is -2.90. The van der Waals surface area contributed by atoms with E-state index < -0.39 is 46.9 Å². The number of carbonyl (C=O) groups is 4. The van der Waals surface area contributed by atoms with Gasteiger partial charge in [-0.2, -0.15) is 0 Å². The predicted molar refractivity (Wildman–Crippen MR) is 204 cm³/mol. The standard InChI is InChI=1S/C40H35N2O10PS.Ag/c1-26(43)49-25-30-22-35(51-27(2)44)36(52-30)23-34-37(45)41(39(34)54)38(40(46)50-24-28-18-20-29(21-19-28)42(47)48)53(31-12-6-3-7-13-31,32-14-8-4-9-15-32)33-16-10-5-11-17-33;/h3-22,34,39,54H,23-25H2,1-2H3;/q;+1/p-1. The van der Waals surface area contributed by atoms with Crippen LogP contribution in [0.25, 0.3) is 0 Å². The number of amides is 1. The number of likely N-dealkylation sites (tertiary alicyclic amines) is 1. The molecule has 2 unspecified atom stereocenters. The van der Waals surface area contributed by atoms with E-state index in [-0.39, 0.29) is 70.4 Å². The second kappa shape index (κ2) is 18.0. The van der Waals surface area contributed by atoms with Crippen LogP contribution in [0, 0.1) is 16.0 Å². The van der Waals surface area contributed by atoms with Crippen molar-refractivity contribution in [1.29, 1.82) is 0 Å². The van der Waals surface area contributed by atoms with Gasteiger partial charge in [0, 0.05) is 51.3 Å². The van der Waals surface area contributed by atoms with E-state index in [0.717, 1.165) is 15.9 Å². The SMILES string of the molecule is CC(=O)OCc1cc(OC(C)=O)c(CC2C(=O)N(C(C(=O)OCc3ccc([N+](=O)[O-])cc3)=P(c3ccccc3)(c3ccccc3)c3ccccc3)C2[S-])o1.[Ag+]. The van der Waals surface area contributed by atoms with Gasteiger partial charge in [0.15, 0.2) is 5.75 Å². The molecule has 0 N–H and O–H groups in total. The van der Waals surface area contributed by atoms with Crippen molar-refractivity contribution in [2.24, 2.45) is 5.92 Å². The van der Waals surface area contributed by atoms with Crippen LogP contribution in [0.2, 0.25) is 0 Å². The molecule has 0 spiro atoms. The van der Waals surface area contributed by atoms with Crippen LogP contribution in [0.1, 0.15) is 30.9 Å². The molecule has 6 rings (SSSR count). The molecule has 1 amide bonds. The van der Waals surface area contributed by atoms with E-state index in [1.165, 1.54) is 49.1 Å². The molecule has 1 fully saturated rings. The molecule has 0 bridgehead atoms. The number of non-ortho nitro benzene ring substituents is 1. The Morgan fingerprint density at radius 3 is 1.78 bits per heavy atom. The van der Waals surface area contributed by atoms with Crippen molar-refractivity contribution in [1.82, 2.24) is 4.90 Å². The molecule has 0 radical (unpaired) electrons. The number of hydrogen-bond donors (Lipinski definition) is 0. The monoisotopic (exact) mass is 872 g/mol. The number of nitro benzene ring substituents is 1. The second-order valence-corrected chi connectivity index (χ2v) is 16.1. The predicted octanol–water partition coefficient (Wildman–Crippen LogP) is 4.92. The fraction of sp³-hybridized carbons (Fsp3) is 0.175. The molecular formula is C40H34AgN2O10PS. The van der Waals surface area contributed by atoms with Gasteiger partial charge in [-0.3, -0.25) is 24.5 Å². The van der Waals surface area contributed by atoms with Crippen LogP contribution in [0.5, 0.6) is 5.75 Å². The molecule has 0 saturated carbocycles. The molecule has 12 nitrogen and oxygen atoms in total. The molecule has 15 heteroatoms. The number of rotatable bonds is 13. The Hall–Kier alpha value is -5.17. The normalized spacial score (nSPS) is 14.9. The minimum absolute atomic E-state index is 0. The van der Waals surface area contributed by atoms with Gasteiger partial charge >= 0.3 is 40.3 Å². The molecular weight excluding hydrogens is 839 g/mol. The zero-order valence-corrected chi connectivity index (χ0v) is 32.7. The van der Waals surface area contributed by atoms with Gasteiger partial charge in [0.2, 0.25) is 5.91 Å². The summed E-state index contributed by atoms with van der Waals surface area (Å²) < 4.78 is 22.3. The average Bonchev–Trinajstić information content (AvgIpc) is 3.56. The van der Waals surface area contributed by atoms with Gasteiger partial charge in [-0.15, -0.1) is 0 Å². The summed E-state index contributed by atoms with van der Waals surface area (Å²) in [5.41, 5.74) is 0.446. The number of β-lactam (4-membered cyclic amide) rings is 1. The van der Waals surface area contributed by atoms with Gasteiger partial charge < -0.3 is 36.2 Å². The molecule has 5 aromatic rings. The van der Waals surface area contributed by atoms with Crippen LogP contribution in [-0.2, 0) is 83.3 Å². The van der Waals surface area contributed by atoms with E-state index in [0.29, 0.717) is 5.56 Å². The van der Waals surface area contributed by atoms with Crippen molar-refractivity contribution in [3.8, 4) is 5.75 Å². The number of furan rings is 1. The van der Waals surface area contributed by atoms with Crippen LogP contribution in [0.3, 0.4) is 0 Å². The Morgan fingerprint density at radius 2 is 1.33 bits per heavy atom. The Kier molecular flexibility index (Phi) is 13.4.